The van der Waals surface area contributed by atoms with Crippen molar-refractivity contribution in [1.82, 2.24) is 14.8 Å². The number of rotatable bonds is 6. The minimum Gasteiger partial charge on any atom is -0.495 e. The molecule has 3 amide bonds. The van der Waals surface area contributed by atoms with Gasteiger partial charge in [-0.05, 0) is 50.1 Å². The highest BCUT2D eigenvalue weighted by Gasteiger charge is 2.33. The molecule has 3 aromatic rings. The van der Waals surface area contributed by atoms with E-state index < -0.39 is 16.9 Å². The van der Waals surface area contributed by atoms with Crippen LogP contribution in [0.2, 0.25) is 0 Å². The summed E-state index contributed by atoms with van der Waals surface area (Å²) in [7, 11) is 1.50. The molecule has 9 nitrogen and oxygen atoms in total. The van der Waals surface area contributed by atoms with E-state index in [1.165, 1.54) is 24.1 Å². The molecule has 0 radical (unpaired) electrons. The van der Waals surface area contributed by atoms with Crippen LogP contribution in [-0.2, 0) is 11.3 Å². The van der Waals surface area contributed by atoms with Gasteiger partial charge in [0.2, 0.25) is 0 Å². The van der Waals surface area contributed by atoms with Gasteiger partial charge in [-0.15, -0.1) is 0 Å². The van der Waals surface area contributed by atoms with Gasteiger partial charge >= 0.3 is 6.03 Å². The number of benzene rings is 2. The zero-order chi connectivity index (χ0) is 24.6. The zero-order valence-electron chi connectivity index (χ0n) is 19.3. The minimum atomic E-state index is -0.480. The molecule has 1 saturated heterocycles. The molecule has 9 heteroatoms. The first-order valence-corrected chi connectivity index (χ1v) is 10.6. The Morgan fingerprint density at radius 2 is 1.85 bits per heavy atom. The van der Waals surface area contributed by atoms with Crippen LogP contribution < -0.4 is 10.1 Å². The predicted molar refractivity (Wildman–Crippen MR) is 127 cm³/mol. The van der Waals surface area contributed by atoms with Crippen molar-refractivity contribution in [2.45, 2.75) is 27.3 Å². The van der Waals surface area contributed by atoms with Gasteiger partial charge < -0.3 is 14.6 Å². The summed E-state index contributed by atoms with van der Waals surface area (Å²) < 4.78 is 7.24. The van der Waals surface area contributed by atoms with Crippen LogP contribution in [0.25, 0.3) is 11.8 Å². The van der Waals surface area contributed by atoms with Crippen molar-refractivity contribution < 1.29 is 19.2 Å². The Balaban J connectivity index is 1.69. The Hall–Kier alpha value is -4.40. The summed E-state index contributed by atoms with van der Waals surface area (Å²) in [5.41, 5.74) is 4.76. The number of methoxy groups -OCH3 is 1. The number of imide groups is 1. The highest BCUT2D eigenvalue weighted by atomic mass is 16.6. The Kier molecular flexibility index (Phi) is 5.93. The van der Waals surface area contributed by atoms with Gasteiger partial charge in [-0.3, -0.25) is 19.8 Å². The Bertz CT molecular complexity index is 1360. The van der Waals surface area contributed by atoms with E-state index in [4.69, 9.17) is 4.74 Å². The first-order valence-electron chi connectivity index (χ1n) is 10.6. The van der Waals surface area contributed by atoms with Crippen LogP contribution in [0.15, 0.2) is 54.2 Å². The molecule has 0 atom stereocenters. The van der Waals surface area contributed by atoms with Crippen molar-refractivity contribution in [1.29, 1.82) is 0 Å². The number of carbonyl (C=O) groups is 2. The molecule has 1 aromatic heterocycles. The largest absolute Gasteiger partial charge is 0.495 e. The fourth-order valence-corrected chi connectivity index (χ4v) is 4.13. The van der Waals surface area contributed by atoms with E-state index in [2.05, 4.69) is 5.32 Å². The number of nitrogens with one attached hydrogen (secondary N) is 1. The fourth-order valence-electron chi connectivity index (χ4n) is 4.13. The summed E-state index contributed by atoms with van der Waals surface area (Å²) in [6, 6.07) is 13.4. The molecule has 1 N–H and O–H groups in total. The van der Waals surface area contributed by atoms with Crippen molar-refractivity contribution in [2.24, 2.45) is 0 Å². The van der Waals surface area contributed by atoms with Gasteiger partial charge in [0, 0.05) is 23.5 Å². The smallest absolute Gasteiger partial charge is 0.329 e. The van der Waals surface area contributed by atoms with Crippen LogP contribution in [0, 0.1) is 30.9 Å². The number of nitrogens with zero attached hydrogens (tertiary/aromatic N) is 3. The third kappa shape index (κ3) is 4.15. The molecule has 1 aliphatic heterocycles. The molecule has 0 saturated carbocycles. The molecule has 0 unspecified atom stereocenters. The molecule has 2 heterocycles. The first kappa shape index (κ1) is 22.8. The maximum Gasteiger partial charge on any atom is 0.329 e. The lowest BCUT2D eigenvalue weighted by atomic mass is 10.1. The Labute approximate surface area is 196 Å². The number of hydrogen-bond donors (Lipinski definition) is 1. The van der Waals surface area contributed by atoms with Gasteiger partial charge in [-0.2, -0.15) is 0 Å². The number of hydrogen-bond acceptors (Lipinski definition) is 5. The van der Waals surface area contributed by atoms with Crippen molar-refractivity contribution >= 4 is 23.7 Å². The number of nitro groups is 1. The third-order valence-corrected chi connectivity index (χ3v) is 5.77. The molecule has 0 aliphatic carbocycles. The SMILES string of the molecule is COc1ccc([N+](=O)[O-])cc1-n1c(C)cc(/C=C2/NC(=O)N(Cc3cccc(C)c3)C2=O)c1C. The number of aromatic nitrogens is 1. The lowest BCUT2D eigenvalue weighted by Gasteiger charge is -2.14. The number of carbonyl (C=O) groups excluding carboxylic acids is 2. The molecule has 34 heavy (non-hydrogen) atoms. The normalized spacial score (nSPS) is 14.6. The molecule has 0 bridgehead atoms. The van der Waals surface area contributed by atoms with Crippen molar-refractivity contribution in [3.8, 4) is 11.4 Å². The average molecular weight is 460 g/mol. The number of amides is 3. The summed E-state index contributed by atoms with van der Waals surface area (Å²) in [5.74, 6) is 0.0606. The van der Waals surface area contributed by atoms with Gasteiger partial charge in [-0.1, -0.05) is 29.8 Å². The van der Waals surface area contributed by atoms with Crippen LogP contribution in [0.3, 0.4) is 0 Å². The first-order chi connectivity index (χ1) is 16.2. The maximum atomic E-state index is 13.0. The quantitative estimate of drug-likeness (QED) is 0.254. The van der Waals surface area contributed by atoms with Crippen LogP contribution in [0.4, 0.5) is 10.5 Å². The topological polar surface area (TPSA) is 107 Å². The average Bonchev–Trinajstić information content (AvgIpc) is 3.22. The molecular formula is C25H24N4O5. The Morgan fingerprint density at radius 1 is 1.09 bits per heavy atom. The van der Waals surface area contributed by atoms with Gasteiger partial charge in [0.05, 0.1) is 24.3 Å². The number of non-ortho nitro benzene ring substituents is 1. The fraction of sp³-hybridized carbons (Fsp3) is 0.200. The van der Waals surface area contributed by atoms with Crippen LogP contribution in [0.5, 0.6) is 5.75 Å². The second-order valence-corrected chi connectivity index (χ2v) is 8.14. The molecule has 2 aromatic carbocycles. The highest BCUT2D eigenvalue weighted by molar-refractivity contribution is 6.14. The molecule has 174 valence electrons. The van der Waals surface area contributed by atoms with Crippen LogP contribution >= 0.6 is 0 Å². The van der Waals surface area contributed by atoms with Crippen molar-refractivity contribution in [3.63, 3.8) is 0 Å². The monoisotopic (exact) mass is 460 g/mol. The standard InChI is InChI=1S/C25H24N4O5/c1-15-6-5-7-18(10-15)14-27-24(30)21(26-25(27)31)12-19-11-16(2)28(17(19)3)22-13-20(29(32)33)8-9-23(22)34-4/h5-13H,14H2,1-4H3,(H,26,31)/b21-12+. The van der Waals surface area contributed by atoms with E-state index in [9.17, 15) is 19.7 Å². The van der Waals surface area contributed by atoms with Gasteiger partial charge in [0.25, 0.3) is 11.6 Å². The van der Waals surface area contributed by atoms with Crippen LogP contribution in [0.1, 0.15) is 28.1 Å². The lowest BCUT2D eigenvalue weighted by Crippen LogP contribution is -2.30. The van der Waals surface area contributed by atoms with E-state index in [0.29, 0.717) is 17.0 Å². The Morgan fingerprint density at radius 3 is 2.53 bits per heavy atom. The molecule has 4 rings (SSSR count). The van der Waals surface area contributed by atoms with E-state index >= 15 is 0 Å². The molecular weight excluding hydrogens is 436 g/mol. The summed E-state index contributed by atoms with van der Waals surface area (Å²) in [4.78, 5) is 37.5. The summed E-state index contributed by atoms with van der Waals surface area (Å²) in [6.07, 6.45) is 1.62. The lowest BCUT2D eigenvalue weighted by molar-refractivity contribution is -0.384. The summed E-state index contributed by atoms with van der Waals surface area (Å²) >= 11 is 0. The highest BCUT2D eigenvalue weighted by Crippen LogP contribution is 2.32. The number of aryl methyl sites for hydroxylation is 2. The van der Waals surface area contributed by atoms with Crippen molar-refractivity contribution in [2.75, 3.05) is 7.11 Å². The van der Waals surface area contributed by atoms with Gasteiger partial charge in [0.1, 0.15) is 11.4 Å². The number of nitro benzene ring substituents is 1. The number of ether oxygens (including phenoxy) is 1. The van der Waals surface area contributed by atoms with Gasteiger partial charge in [-0.25, -0.2) is 4.79 Å². The van der Waals surface area contributed by atoms with E-state index in [1.807, 2.05) is 55.7 Å². The van der Waals surface area contributed by atoms with E-state index in [0.717, 1.165) is 22.5 Å². The predicted octanol–water partition coefficient (Wildman–Crippen LogP) is 4.41. The third-order valence-electron chi connectivity index (χ3n) is 5.77. The van der Waals surface area contributed by atoms with E-state index in [1.54, 1.807) is 12.1 Å². The van der Waals surface area contributed by atoms with E-state index in [-0.39, 0.29) is 17.9 Å². The minimum absolute atomic E-state index is 0.0618. The summed E-state index contributed by atoms with van der Waals surface area (Å²) in [6.45, 7) is 5.82. The molecule has 1 fully saturated rings. The summed E-state index contributed by atoms with van der Waals surface area (Å²) in [5, 5.41) is 14.0. The molecule has 0 spiro atoms. The van der Waals surface area contributed by atoms with Crippen molar-refractivity contribution in [3.05, 3.63) is 92.4 Å². The van der Waals surface area contributed by atoms with Crippen LogP contribution in [-0.4, -0.2) is 33.4 Å². The number of urea groups is 1. The second kappa shape index (κ2) is 8.86. The molecule has 1 aliphatic rings. The zero-order valence-corrected chi connectivity index (χ0v) is 19.3. The second-order valence-electron chi connectivity index (χ2n) is 8.14. The maximum absolute atomic E-state index is 13.0. The van der Waals surface area contributed by atoms with Gasteiger partial charge in [0.15, 0.2) is 0 Å².